The van der Waals surface area contributed by atoms with E-state index >= 15 is 0 Å². The summed E-state index contributed by atoms with van der Waals surface area (Å²) in [5.74, 6) is 0.385. The lowest BCUT2D eigenvalue weighted by atomic mass is 10.1. The van der Waals surface area contributed by atoms with E-state index in [-0.39, 0.29) is 28.6 Å². The minimum absolute atomic E-state index is 0.00307. The molecule has 0 saturated carbocycles. The van der Waals surface area contributed by atoms with Gasteiger partial charge in [0.2, 0.25) is 5.91 Å². The summed E-state index contributed by atoms with van der Waals surface area (Å²) in [5.41, 5.74) is 2.13. The first-order valence-corrected chi connectivity index (χ1v) is 10.6. The van der Waals surface area contributed by atoms with Gasteiger partial charge in [0, 0.05) is 25.7 Å². The Morgan fingerprint density at radius 2 is 1.83 bits per heavy atom. The predicted octanol–water partition coefficient (Wildman–Crippen LogP) is 2.50. The van der Waals surface area contributed by atoms with Crippen molar-refractivity contribution in [2.75, 3.05) is 11.1 Å². The van der Waals surface area contributed by atoms with Crippen molar-refractivity contribution in [2.45, 2.75) is 38.6 Å². The first kappa shape index (κ1) is 21.8. The summed E-state index contributed by atoms with van der Waals surface area (Å²) < 4.78 is 2.37. The fraction of sp³-hybridized carbons (Fsp3) is 0.381. The second-order valence-electron chi connectivity index (χ2n) is 7.60. The van der Waals surface area contributed by atoms with Crippen LogP contribution in [0, 0.1) is 13.8 Å². The summed E-state index contributed by atoms with van der Waals surface area (Å²) in [5, 5.41) is 3.55. The van der Waals surface area contributed by atoms with Crippen molar-refractivity contribution < 1.29 is 4.79 Å². The summed E-state index contributed by atoms with van der Waals surface area (Å²) in [6.45, 7) is 7.76. The van der Waals surface area contributed by atoms with Gasteiger partial charge in [-0.2, -0.15) is 0 Å². The zero-order chi connectivity index (χ0) is 22.2. The average Bonchev–Trinajstić information content (AvgIpc) is 2.71. The Labute approximate surface area is 178 Å². The summed E-state index contributed by atoms with van der Waals surface area (Å²) in [4.78, 5) is 46.6. The molecule has 1 amide bonds. The number of anilines is 1. The molecule has 1 aromatic carbocycles. The van der Waals surface area contributed by atoms with Crippen LogP contribution in [0.1, 0.15) is 36.7 Å². The minimum Gasteiger partial charge on any atom is -0.325 e. The normalized spacial score (nSPS) is 11.3. The van der Waals surface area contributed by atoms with Gasteiger partial charge in [0.1, 0.15) is 16.2 Å². The Kier molecular flexibility index (Phi) is 6.12. The molecule has 0 radical (unpaired) electrons. The number of nitrogens with one attached hydrogen (secondary N) is 1. The number of carbonyl (C=O) groups excluding carboxylic acids is 1. The molecule has 2 aromatic heterocycles. The molecule has 0 aliphatic rings. The maximum absolute atomic E-state index is 12.8. The number of hydrogen-bond acceptors (Lipinski definition) is 6. The summed E-state index contributed by atoms with van der Waals surface area (Å²) >= 11 is 1.16. The number of aromatic nitrogens is 4. The Morgan fingerprint density at radius 1 is 1.13 bits per heavy atom. The zero-order valence-corrected chi connectivity index (χ0v) is 18.8. The van der Waals surface area contributed by atoms with Gasteiger partial charge in [-0.05, 0) is 31.0 Å². The Bertz CT molecular complexity index is 1260. The molecule has 158 valence electrons. The molecule has 0 fully saturated rings. The van der Waals surface area contributed by atoms with Crippen LogP contribution in [0.25, 0.3) is 11.0 Å². The lowest BCUT2D eigenvalue weighted by molar-refractivity contribution is -0.113. The van der Waals surface area contributed by atoms with E-state index < -0.39 is 11.2 Å². The lowest BCUT2D eigenvalue weighted by Gasteiger charge is -2.13. The fourth-order valence-electron chi connectivity index (χ4n) is 3.00. The maximum atomic E-state index is 12.8. The van der Waals surface area contributed by atoms with Crippen LogP contribution in [-0.4, -0.2) is 30.8 Å². The quantitative estimate of drug-likeness (QED) is 0.496. The van der Waals surface area contributed by atoms with E-state index in [1.807, 2.05) is 45.9 Å². The molecule has 30 heavy (non-hydrogen) atoms. The van der Waals surface area contributed by atoms with Crippen LogP contribution in [0.5, 0.6) is 0 Å². The molecule has 0 spiro atoms. The number of carbonyl (C=O) groups is 1. The number of hydrogen-bond donors (Lipinski definition) is 1. The molecule has 3 aromatic rings. The minimum atomic E-state index is -0.471. The Hall–Kier alpha value is -2.94. The van der Waals surface area contributed by atoms with Crippen molar-refractivity contribution in [3.05, 3.63) is 56.0 Å². The molecule has 8 nitrogen and oxygen atoms in total. The number of benzene rings is 1. The molecule has 0 aliphatic heterocycles. The van der Waals surface area contributed by atoms with E-state index in [2.05, 4.69) is 15.3 Å². The number of thioether (sulfide) groups is 1. The van der Waals surface area contributed by atoms with Crippen molar-refractivity contribution in [1.82, 2.24) is 19.1 Å². The lowest BCUT2D eigenvalue weighted by Crippen LogP contribution is -2.38. The highest BCUT2D eigenvalue weighted by molar-refractivity contribution is 8.00. The largest absolute Gasteiger partial charge is 0.332 e. The van der Waals surface area contributed by atoms with Gasteiger partial charge in [-0.1, -0.05) is 37.7 Å². The van der Waals surface area contributed by atoms with Gasteiger partial charge in [0.25, 0.3) is 5.56 Å². The van der Waals surface area contributed by atoms with Crippen molar-refractivity contribution in [2.24, 2.45) is 14.1 Å². The van der Waals surface area contributed by atoms with Crippen LogP contribution in [0.2, 0.25) is 0 Å². The summed E-state index contributed by atoms with van der Waals surface area (Å²) in [6, 6.07) is 5.86. The number of fused-ring (bicyclic) bond motifs is 1. The second kappa shape index (κ2) is 8.43. The van der Waals surface area contributed by atoms with Gasteiger partial charge in [0.05, 0.1) is 5.75 Å². The third-order valence-electron chi connectivity index (χ3n) is 4.81. The van der Waals surface area contributed by atoms with Crippen LogP contribution in [0.4, 0.5) is 5.69 Å². The van der Waals surface area contributed by atoms with Crippen LogP contribution >= 0.6 is 11.8 Å². The molecule has 9 heteroatoms. The molecule has 2 heterocycles. The van der Waals surface area contributed by atoms with Crippen LogP contribution in [-0.2, 0) is 18.9 Å². The van der Waals surface area contributed by atoms with Gasteiger partial charge in [0.15, 0.2) is 5.65 Å². The molecule has 0 unspecified atom stereocenters. The topological polar surface area (TPSA) is 98.9 Å². The van der Waals surface area contributed by atoms with Gasteiger partial charge in [-0.15, -0.1) is 0 Å². The second-order valence-corrected chi connectivity index (χ2v) is 8.57. The highest BCUT2D eigenvalue weighted by Gasteiger charge is 2.19. The van der Waals surface area contributed by atoms with Gasteiger partial charge in [-0.25, -0.2) is 14.8 Å². The predicted molar refractivity (Wildman–Crippen MR) is 119 cm³/mol. The van der Waals surface area contributed by atoms with E-state index in [9.17, 15) is 14.4 Å². The molecule has 0 atom stereocenters. The van der Waals surface area contributed by atoms with Crippen LogP contribution in [0.15, 0.2) is 32.8 Å². The van der Waals surface area contributed by atoms with E-state index in [4.69, 9.17) is 0 Å². The SMILES string of the molecule is Cc1ccc(C)c(NC(=O)CSc2nc(C(C)C)nc3c2c(=O)n(C)c(=O)n3C)c1. The molecule has 1 N–H and O–H groups in total. The fourth-order valence-corrected chi connectivity index (χ4v) is 3.82. The van der Waals surface area contributed by atoms with E-state index in [1.54, 1.807) is 7.05 Å². The maximum Gasteiger partial charge on any atom is 0.332 e. The number of aryl methyl sites for hydroxylation is 3. The highest BCUT2D eigenvalue weighted by atomic mass is 32.2. The number of nitrogens with zero attached hydrogens (tertiary/aromatic N) is 4. The first-order chi connectivity index (χ1) is 14.1. The first-order valence-electron chi connectivity index (χ1n) is 9.57. The summed E-state index contributed by atoms with van der Waals surface area (Å²) in [6.07, 6.45) is 0. The van der Waals surface area contributed by atoms with Gasteiger partial charge < -0.3 is 5.32 Å². The van der Waals surface area contributed by atoms with E-state index in [1.165, 1.54) is 11.6 Å². The Balaban J connectivity index is 1.99. The van der Waals surface area contributed by atoms with Crippen LogP contribution < -0.4 is 16.6 Å². The monoisotopic (exact) mass is 427 g/mol. The van der Waals surface area contributed by atoms with Crippen molar-refractivity contribution in [3.63, 3.8) is 0 Å². The van der Waals surface area contributed by atoms with Crippen molar-refractivity contribution in [3.8, 4) is 0 Å². The molecular formula is C21H25N5O3S. The Morgan fingerprint density at radius 3 is 2.50 bits per heavy atom. The third kappa shape index (κ3) is 4.16. The third-order valence-corrected chi connectivity index (χ3v) is 5.78. The number of amides is 1. The molecule has 0 bridgehead atoms. The summed E-state index contributed by atoms with van der Waals surface area (Å²) in [7, 11) is 2.99. The van der Waals surface area contributed by atoms with E-state index in [0.29, 0.717) is 10.9 Å². The average molecular weight is 428 g/mol. The van der Waals surface area contributed by atoms with Crippen LogP contribution in [0.3, 0.4) is 0 Å². The molecule has 0 aliphatic carbocycles. The van der Waals surface area contributed by atoms with Crippen molar-refractivity contribution >= 4 is 34.4 Å². The van der Waals surface area contributed by atoms with Gasteiger partial charge in [-0.3, -0.25) is 18.7 Å². The standard InChI is InChI=1S/C21H25N5O3S/c1-11(2)17-23-18-16(20(28)26(6)21(29)25(18)5)19(24-17)30-10-15(27)22-14-9-12(3)7-8-13(14)4/h7-9,11H,10H2,1-6H3,(H,22,27). The molecular weight excluding hydrogens is 402 g/mol. The zero-order valence-electron chi connectivity index (χ0n) is 17.9. The van der Waals surface area contributed by atoms with Gasteiger partial charge >= 0.3 is 5.69 Å². The molecule has 3 rings (SSSR count). The van der Waals surface area contributed by atoms with Crippen molar-refractivity contribution in [1.29, 1.82) is 0 Å². The molecule has 0 saturated heterocycles. The highest BCUT2D eigenvalue weighted by Crippen LogP contribution is 2.25. The number of rotatable bonds is 5. The van der Waals surface area contributed by atoms with E-state index in [0.717, 1.165) is 33.1 Å². The smallest absolute Gasteiger partial charge is 0.325 e.